The van der Waals surface area contributed by atoms with Gasteiger partial charge in [-0.05, 0) is 38.0 Å². The van der Waals surface area contributed by atoms with Crippen LogP contribution in [0.5, 0.6) is 5.75 Å². The van der Waals surface area contributed by atoms with Crippen molar-refractivity contribution in [2.45, 2.75) is 52.2 Å². The number of ether oxygens (including phenoxy) is 1. The van der Waals surface area contributed by atoms with Gasteiger partial charge in [0, 0.05) is 6.04 Å². The molecule has 0 heterocycles. The molecular weight excluding hydrogens is 198 g/mol. The smallest absolute Gasteiger partial charge is 0.120 e. The highest BCUT2D eigenvalue weighted by molar-refractivity contribution is 5.30. The Hall–Kier alpha value is -1.02. The molecule has 0 aliphatic rings. The third-order valence-corrected chi connectivity index (χ3v) is 2.53. The molecular formula is C14H23NO. The second-order valence-corrected chi connectivity index (χ2v) is 4.49. The first kappa shape index (κ1) is 13.0. The van der Waals surface area contributed by atoms with Gasteiger partial charge in [0.25, 0.3) is 0 Å². The Kier molecular flexibility index (Phi) is 5.33. The molecule has 0 aliphatic carbocycles. The van der Waals surface area contributed by atoms with Crippen molar-refractivity contribution < 1.29 is 4.74 Å². The summed E-state index contributed by atoms with van der Waals surface area (Å²) in [5.41, 5.74) is 7.30. The summed E-state index contributed by atoms with van der Waals surface area (Å²) in [6.45, 7) is 6.25. The van der Waals surface area contributed by atoms with Crippen molar-refractivity contribution in [3.63, 3.8) is 0 Å². The second kappa shape index (κ2) is 6.54. The van der Waals surface area contributed by atoms with Gasteiger partial charge in [0.2, 0.25) is 0 Å². The summed E-state index contributed by atoms with van der Waals surface area (Å²) in [4.78, 5) is 0. The van der Waals surface area contributed by atoms with Crippen LogP contribution >= 0.6 is 0 Å². The van der Waals surface area contributed by atoms with Crippen molar-refractivity contribution in [2.24, 2.45) is 5.73 Å². The maximum absolute atomic E-state index is 6.13. The van der Waals surface area contributed by atoms with Gasteiger partial charge in [-0.1, -0.05) is 31.9 Å². The fourth-order valence-electron chi connectivity index (χ4n) is 1.68. The van der Waals surface area contributed by atoms with Crippen molar-refractivity contribution in [1.82, 2.24) is 0 Å². The molecule has 0 aromatic heterocycles. The van der Waals surface area contributed by atoms with Gasteiger partial charge in [0.1, 0.15) is 5.75 Å². The molecule has 0 saturated carbocycles. The van der Waals surface area contributed by atoms with Crippen molar-refractivity contribution in [2.75, 3.05) is 0 Å². The largest absolute Gasteiger partial charge is 0.491 e. The highest BCUT2D eigenvalue weighted by atomic mass is 16.5. The van der Waals surface area contributed by atoms with Gasteiger partial charge in [0.05, 0.1) is 6.10 Å². The Morgan fingerprint density at radius 2 is 2.06 bits per heavy atom. The molecule has 1 aromatic carbocycles. The Bertz CT molecular complexity index is 309. The molecule has 1 atom stereocenters. The van der Waals surface area contributed by atoms with E-state index in [1.54, 1.807) is 0 Å². The van der Waals surface area contributed by atoms with Crippen molar-refractivity contribution in [3.05, 3.63) is 29.8 Å². The molecule has 0 amide bonds. The molecule has 0 spiro atoms. The number of hydrogen-bond acceptors (Lipinski definition) is 2. The molecule has 16 heavy (non-hydrogen) atoms. The number of unbranched alkanes of at least 4 members (excludes halogenated alkanes) is 1. The first-order valence-corrected chi connectivity index (χ1v) is 6.15. The van der Waals surface area contributed by atoms with E-state index in [4.69, 9.17) is 10.5 Å². The zero-order chi connectivity index (χ0) is 12.0. The fraction of sp³-hybridized carbons (Fsp3) is 0.571. The van der Waals surface area contributed by atoms with E-state index >= 15 is 0 Å². The maximum Gasteiger partial charge on any atom is 0.120 e. The predicted octanol–water partition coefficient (Wildman–Crippen LogP) is 3.66. The minimum absolute atomic E-state index is 0.135. The van der Waals surface area contributed by atoms with Crippen LogP contribution in [0.25, 0.3) is 0 Å². The Morgan fingerprint density at radius 1 is 1.31 bits per heavy atom. The van der Waals surface area contributed by atoms with Gasteiger partial charge < -0.3 is 10.5 Å². The maximum atomic E-state index is 6.13. The molecule has 1 unspecified atom stereocenters. The fourth-order valence-corrected chi connectivity index (χ4v) is 1.68. The molecule has 0 radical (unpaired) electrons. The van der Waals surface area contributed by atoms with Crippen LogP contribution in [0.1, 0.15) is 51.6 Å². The monoisotopic (exact) mass is 221 g/mol. The van der Waals surface area contributed by atoms with Gasteiger partial charge in [-0.3, -0.25) is 0 Å². The first-order valence-electron chi connectivity index (χ1n) is 6.15. The Labute approximate surface area is 98.8 Å². The van der Waals surface area contributed by atoms with Gasteiger partial charge in [-0.2, -0.15) is 0 Å². The van der Waals surface area contributed by atoms with E-state index in [2.05, 4.69) is 19.1 Å². The van der Waals surface area contributed by atoms with E-state index < -0.39 is 0 Å². The van der Waals surface area contributed by atoms with E-state index in [0.29, 0.717) is 0 Å². The first-order chi connectivity index (χ1) is 7.63. The van der Waals surface area contributed by atoms with Gasteiger partial charge >= 0.3 is 0 Å². The minimum Gasteiger partial charge on any atom is -0.491 e. The number of nitrogens with two attached hydrogens (primary N) is 1. The van der Waals surface area contributed by atoms with Crippen LogP contribution in [0.3, 0.4) is 0 Å². The molecule has 0 aliphatic heterocycles. The molecule has 2 heteroatoms. The molecule has 2 nitrogen and oxygen atoms in total. The van der Waals surface area contributed by atoms with Gasteiger partial charge in [-0.15, -0.1) is 0 Å². The summed E-state index contributed by atoms with van der Waals surface area (Å²) in [6, 6.07) is 8.26. The minimum atomic E-state index is 0.135. The van der Waals surface area contributed by atoms with Crippen LogP contribution in [-0.2, 0) is 0 Å². The van der Waals surface area contributed by atoms with E-state index in [9.17, 15) is 0 Å². The van der Waals surface area contributed by atoms with E-state index in [1.807, 2.05) is 26.0 Å². The van der Waals surface area contributed by atoms with Gasteiger partial charge in [0.15, 0.2) is 0 Å². The highest BCUT2D eigenvalue weighted by Crippen LogP contribution is 2.22. The molecule has 2 N–H and O–H groups in total. The van der Waals surface area contributed by atoms with E-state index in [0.717, 1.165) is 12.2 Å². The normalized spacial score (nSPS) is 12.8. The van der Waals surface area contributed by atoms with Crippen molar-refractivity contribution in [3.8, 4) is 5.75 Å². The molecule has 90 valence electrons. The average molecular weight is 221 g/mol. The third-order valence-electron chi connectivity index (χ3n) is 2.53. The Balaban J connectivity index is 2.65. The molecule has 1 rings (SSSR count). The summed E-state index contributed by atoms with van der Waals surface area (Å²) in [5.74, 6) is 0.916. The van der Waals surface area contributed by atoms with Crippen molar-refractivity contribution >= 4 is 0 Å². The Morgan fingerprint density at radius 3 is 2.69 bits per heavy atom. The van der Waals surface area contributed by atoms with Crippen LogP contribution < -0.4 is 10.5 Å². The summed E-state index contributed by atoms with van der Waals surface area (Å²) in [7, 11) is 0. The second-order valence-electron chi connectivity index (χ2n) is 4.49. The van der Waals surface area contributed by atoms with Crippen LogP contribution in [0.4, 0.5) is 0 Å². The van der Waals surface area contributed by atoms with Crippen LogP contribution in [0, 0.1) is 0 Å². The zero-order valence-electron chi connectivity index (χ0n) is 10.6. The summed E-state index contributed by atoms with van der Waals surface area (Å²) in [6.07, 6.45) is 3.62. The third kappa shape index (κ3) is 4.23. The number of rotatable bonds is 6. The molecule has 1 aromatic rings. The number of benzene rings is 1. The molecule has 0 fully saturated rings. The lowest BCUT2D eigenvalue weighted by Crippen LogP contribution is -2.11. The predicted molar refractivity (Wildman–Crippen MR) is 68.7 cm³/mol. The van der Waals surface area contributed by atoms with Gasteiger partial charge in [-0.25, -0.2) is 0 Å². The SMILES string of the molecule is CCCCC(N)c1cccc(OC(C)C)c1. The van der Waals surface area contributed by atoms with Crippen molar-refractivity contribution in [1.29, 1.82) is 0 Å². The lowest BCUT2D eigenvalue weighted by molar-refractivity contribution is 0.242. The highest BCUT2D eigenvalue weighted by Gasteiger charge is 2.06. The van der Waals surface area contributed by atoms with Crippen LogP contribution in [0.2, 0.25) is 0 Å². The standard InChI is InChI=1S/C14H23NO/c1-4-5-9-14(15)12-7-6-8-13(10-12)16-11(2)3/h6-8,10-11,14H,4-5,9,15H2,1-3H3. The lowest BCUT2D eigenvalue weighted by atomic mass is 10.0. The van der Waals surface area contributed by atoms with E-state index in [-0.39, 0.29) is 12.1 Å². The zero-order valence-corrected chi connectivity index (χ0v) is 10.6. The summed E-state index contributed by atoms with van der Waals surface area (Å²) >= 11 is 0. The summed E-state index contributed by atoms with van der Waals surface area (Å²) < 4.78 is 5.65. The molecule has 0 saturated heterocycles. The van der Waals surface area contributed by atoms with Crippen LogP contribution in [-0.4, -0.2) is 6.10 Å². The summed E-state index contributed by atoms with van der Waals surface area (Å²) in [5, 5.41) is 0. The van der Waals surface area contributed by atoms with Crippen LogP contribution in [0.15, 0.2) is 24.3 Å². The topological polar surface area (TPSA) is 35.2 Å². The average Bonchev–Trinajstić information content (AvgIpc) is 2.25. The molecule has 0 bridgehead atoms. The van der Waals surface area contributed by atoms with E-state index in [1.165, 1.54) is 18.4 Å². The lowest BCUT2D eigenvalue weighted by Gasteiger charge is -2.14. The quantitative estimate of drug-likeness (QED) is 0.795. The number of hydrogen-bond donors (Lipinski definition) is 1.